The topological polar surface area (TPSA) is 69.9 Å². The second kappa shape index (κ2) is 10.9. The van der Waals surface area contributed by atoms with Crippen molar-refractivity contribution in [2.24, 2.45) is 4.99 Å². The molecule has 0 saturated carbocycles. The Bertz CT molecular complexity index is 1730. The van der Waals surface area contributed by atoms with Crippen LogP contribution in [0.3, 0.4) is 0 Å². The Hall–Kier alpha value is -3.82. The number of benzene rings is 3. The van der Waals surface area contributed by atoms with Gasteiger partial charge in [0.1, 0.15) is 11.6 Å². The fourth-order valence-electron chi connectivity index (χ4n) is 4.30. The molecule has 5 rings (SSSR count). The van der Waals surface area contributed by atoms with Crippen LogP contribution >= 0.6 is 27.3 Å². The van der Waals surface area contributed by atoms with E-state index >= 15 is 0 Å². The number of hydrogen-bond donors (Lipinski definition) is 0. The van der Waals surface area contributed by atoms with Gasteiger partial charge in [-0.15, -0.1) is 0 Å². The molecule has 0 unspecified atom stereocenters. The first-order chi connectivity index (χ1) is 18.4. The standard InChI is InChI=1S/C29H22BrFN2O4S/c1-3-37-28(35)24-25(17-7-5-4-6-8-17)32-29-33(26(24)18-9-11-20(31)12-10-18)27(34)23(38-29)16-19-15-21(36-2)13-14-22(19)30/h4-16,26H,3H2,1-2H3/b23-16-/t26-/m0/s1. The molecule has 38 heavy (non-hydrogen) atoms. The first-order valence-electron chi connectivity index (χ1n) is 11.8. The number of halogens is 2. The SMILES string of the molecule is CCOC(=O)C1=C(c2ccccc2)N=c2s/c(=C\c3cc(OC)ccc3Br)c(=O)n2[C@H]1c1ccc(F)cc1. The summed E-state index contributed by atoms with van der Waals surface area (Å²) in [6.07, 6.45) is 1.76. The molecule has 3 aromatic carbocycles. The first-order valence-corrected chi connectivity index (χ1v) is 13.4. The zero-order valence-electron chi connectivity index (χ0n) is 20.5. The van der Waals surface area contributed by atoms with E-state index < -0.39 is 17.8 Å². The first kappa shape index (κ1) is 25.8. The average Bonchev–Trinajstić information content (AvgIpc) is 3.24. The molecule has 1 aliphatic rings. The van der Waals surface area contributed by atoms with Crippen LogP contribution in [0.25, 0.3) is 11.8 Å². The van der Waals surface area contributed by atoms with Gasteiger partial charge in [0.05, 0.1) is 35.6 Å². The molecule has 0 fully saturated rings. The second-order valence-electron chi connectivity index (χ2n) is 8.37. The van der Waals surface area contributed by atoms with Gasteiger partial charge in [0, 0.05) is 10.0 Å². The van der Waals surface area contributed by atoms with Gasteiger partial charge < -0.3 is 9.47 Å². The number of fused-ring (bicyclic) bond motifs is 1. The average molecular weight is 593 g/mol. The van der Waals surface area contributed by atoms with E-state index in [0.29, 0.717) is 31.9 Å². The zero-order valence-corrected chi connectivity index (χ0v) is 22.9. The van der Waals surface area contributed by atoms with E-state index in [4.69, 9.17) is 14.5 Å². The van der Waals surface area contributed by atoms with Crippen LogP contribution in [-0.2, 0) is 9.53 Å². The summed E-state index contributed by atoms with van der Waals surface area (Å²) in [6.45, 7) is 1.86. The largest absolute Gasteiger partial charge is 0.497 e. The maximum absolute atomic E-state index is 13.9. The highest BCUT2D eigenvalue weighted by Gasteiger charge is 2.35. The highest BCUT2D eigenvalue weighted by Crippen LogP contribution is 2.35. The van der Waals surface area contributed by atoms with E-state index in [1.807, 2.05) is 48.5 Å². The number of esters is 1. The second-order valence-corrected chi connectivity index (χ2v) is 10.2. The lowest BCUT2D eigenvalue weighted by atomic mass is 9.93. The fourth-order valence-corrected chi connectivity index (χ4v) is 5.65. The third-order valence-electron chi connectivity index (χ3n) is 6.05. The van der Waals surface area contributed by atoms with Gasteiger partial charge >= 0.3 is 5.97 Å². The molecule has 1 aliphatic heterocycles. The monoisotopic (exact) mass is 592 g/mol. The van der Waals surface area contributed by atoms with Gasteiger partial charge in [-0.1, -0.05) is 69.7 Å². The van der Waals surface area contributed by atoms with Crippen molar-refractivity contribution >= 4 is 45.0 Å². The van der Waals surface area contributed by atoms with Crippen LogP contribution < -0.4 is 19.6 Å². The highest BCUT2D eigenvalue weighted by atomic mass is 79.9. The summed E-state index contributed by atoms with van der Waals surface area (Å²) in [6, 6.07) is 19.6. The molecule has 0 amide bonds. The van der Waals surface area contributed by atoms with Gasteiger partial charge in [-0.05, 0) is 54.5 Å². The number of ether oxygens (including phenoxy) is 2. The van der Waals surface area contributed by atoms with Crippen LogP contribution in [0.15, 0.2) is 92.6 Å². The number of methoxy groups -OCH3 is 1. The summed E-state index contributed by atoms with van der Waals surface area (Å²) in [5, 5.41) is 0. The summed E-state index contributed by atoms with van der Waals surface area (Å²) in [5.74, 6) is -0.365. The fraction of sp³-hybridized carbons (Fsp3) is 0.138. The van der Waals surface area contributed by atoms with Crippen LogP contribution in [0.2, 0.25) is 0 Å². The number of thiazole rings is 1. The van der Waals surface area contributed by atoms with E-state index in [9.17, 15) is 14.0 Å². The Balaban J connectivity index is 1.83. The highest BCUT2D eigenvalue weighted by molar-refractivity contribution is 9.10. The molecule has 0 saturated heterocycles. The predicted molar refractivity (Wildman–Crippen MR) is 148 cm³/mol. The summed E-state index contributed by atoms with van der Waals surface area (Å²) in [4.78, 5) is 32.5. The molecule has 0 spiro atoms. The normalized spacial score (nSPS) is 15.2. The maximum atomic E-state index is 13.9. The lowest BCUT2D eigenvalue weighted by Crippen LogP contribution is -2.40. The molecule has 6 nitrogen and oxygen atoms in total. The van der Waals surface area contributed by atoms with Crippen LogP contribution in [0.1, 0.15) is 29.7 Å². The number of carbonyl (C=O) groups excluding carboxylic acids is 1. The third-order valence-corrected chi connectivity index (χ3v) is 7.75. The summed E-state index contributed by atoms with van der Waals surface area (Å²) in [7, 11) is 1.58. The molecule has 4 aromatic rings. The van der Waals surface area contributed by atoms with E-state index in [1.165, 1.54) is 28.0 Å². The van der Waals surface area contributed by atoms with Crippen molar-refractivity contribution in [3.63, 3.8) is 0 Å². The lowest BCUT2D eigenvalue weighted by Gasteiger charge is -2.25. The van der Waals surface area contributed by atoms with E-state index in [2.05, 4.69) is 15.9 Å². The van der Waals surface area contributed by atoms with Crippen molar-refractivity contribution in [2.75, 3.05) is 13.7 Å². The molecule has 0 N–H and O–H groups in total. The smallest absolute Gasteiger partial charge is 0.338 e. The minimum absolute atomic E-state index is 0.148. The molecule has 9 heteroatoms. The molecule has 2 heterocycles. The Labute approximate surface area is 230 Å². The van der Waals surface area contributed by atoms with Gasteiger partial charge in [-0.25, -0.2) is 14.2 Å². The quantitative estimate of drug-likeness (QED) is 0.300. The van der Waals surface area contributed by atoms with Gasteiger partial charge in [-0.3, -0.25) is 9.36 Å². The van der Waals surface area contributed by atoms with Gasteiger partial charge in [0.25, 0.3) is 5.56 Å². The van der Waals surface area contributed by atoms with E-state index in [-0.39, 0.29) is 17.7 Å². The summed E-state index contributed by atoms with van der Waals surface area (Å²) < 4.78 is 27.4. The molecule has 1 atom stereocenters. The molecular formula is C29H22BrFN2O4S. The molecule has 0 bridgehead atoms. The number of rotatable bonds is 6. The molecule has 1 aromatic heterocycles. The lowest BCUT2D eigenvalue weighted by molar-refractivity contribution is -0.138. The molecule has 0 aliphatic carbocycles. The van der Waals surface area contributed by atoms with Crippen molar-refractivity contribution < 1.29 is 18.7 Å². The Kier molecular flexibility index (Phi) is 7.40. The van der Waals surface area contributed by atoms with Gasteiger partial charge in [0.15, 0.2) is 4.80 Å². The maximum Gasteiger partial charge on any atom is 0.338 e. The van der Waals surface area contributed by atoms with Gasteiger partial charge in [0.2, 0.25) is 0 Å². The molecule has 0 radical (unpaired) electrons. The number of hydrogen-bond acceptors (Lipinski definition) is 6. The number of nitrogens with zero attached hydrogens (tertiary/aromatic N) is 2. The van der Waals surface area contributed by atoms with Crippen LogP contribution in [0.4, 0.5) is 4.39 Å². The van der Waals surface area contributed by atoms with Gasteiger partial charge in [-0.2, -0.15) is 0 Å². The molecular weight excluding hydrogens is 571 g/mol. The zero-order chi connectivity index (χ0) is 26.8. The van der Waals surface area contributed by atoms with Crippen molar-refractivity contribution in [1.82, 2.24) is 4.57 Å². The summed E-state index contributed by atoms with van der Waals surface area (Å²) >= 11 is 4.75. The summed E-state index contributed by atoms with van der Waals surface area (Å²) in [5.41, 5.74) is 2.32. The van der Waals surface area contributed by atoms with Crippen molar-refractivity contribution in [3.05, 3.63) is 125 Å². The van der Waals surface area contributed by atoms with Crippen LogP contribution in [-0.4, -0.2) is 24.3 Å². The minimum Gasteiger partial charge on any atom is -0.497 e. The minimum atomic E-state index is -0.864. The van der Waals surface area contributed by atoms with E-state index in [0.717, 1.165) is 10.0 Å². The Morgan fingerprint density at radius 3 is 2.55 bits per heavy atom. The van der Waals surface area contributed by atoms with Crippen LogP contribution in [0.5, 0.6) is 5.75 Å². The Morgan fingerprint density at radius 1 is 1.13 bits per heavy atom. The van der Waals surface area contributed by atoms with Crippen LogP contribution in [0, 0.1) is 5.82 Å². The predicted octanol–water partition coefficient (Wildman–Crippen LogP) is 4.85. The molecule has 192 valence electrons. The van der Waals surface area contributed by atoms with Crippen molar-refractivity contribution in [3.8, 4) is 5.75 Å². The Morgan fingerprint density at radius 2 is 1.87 bits per heavy atom. The third kappa shape index (κ3) is 4.87. The van der Waals surface area contributed by atoms with Crippen molar-refractivity contribution in [1.29, 1.82) is 0 Å². The number of carbonyl (C=O) groups is 1. The van der Waals surface area contributed by atoms with Crippen molar-refractivity contribution in [2.45, 2.75) is 13.0 Å². The van der Waals surface area contributed by atoms with E-state index in [1.54, 1.807) is 32.2 Å². The number of aromatic nitrogens is 1.